The lowest BCUT2D eigenvalue weighted by Crippen LogP contribution is -2.31. The third kappa shape index (κ3) is 6.02. The van der Waals surface area contributed by atoms with E-state index < -0.39 is 15.8 Å². The molecule has 0 heterocycles. The van der Waals surface area contributed by atoms with Gasteiger partial charge in [0.15, 0.2) is 0 Å². The third-order valence-electron chi connectivity index (χ3n) is 2.58. The van der Waals surface area contributed by atoms with E-state index in [-0.39, 0.29) is 18.0 Å². The number of hydrogen-bond acceptors (Lipinski definition) is 2. The topological polar surface area (TPSA) is 37.4 Å². The highest BCUT2D eigenvalue weighted by molar-refractivity contribution is 9.09. The van der Waals surface area contributed by atoms with Crippen LogP contribution in [0, 0.1) is 5.82 Å². The Morgan fingerprint density at radius 3 is 1.86 bits per heavy atom. The largest absolute Gasteiger partial charge is 0.243 e. The monoisotopic (exact) mass is 439 g/mol. The molecule has 0 unspecified atom stereocenters. The van der Waals surface area contributed by atoms with E-state index in [1.807, 2.05) is 12.2 Å². The van der Waals surface area contributed by atoms with Crippen LogP contribution in [0.3, 0.4) is 0 Å². The van der Waals surface area contributed by atoms with Gasteiger partial charge in [-0.15, -0.1) is 0 Å². The average molecular weight is 441 g/mol. The Labute approximate surface area is 141 Å². The molecule has 0 aliphatic rings. The second-order valence-electron chi connectivity index (χ2n) is 4.03. The molecule has 3 nitrogen and oxygen atoms in total. The van der Waals surface area contributed by atoms with Crippen molar-refractivity contribution in [1.29, 1.82) is 0 Å². The Morgan fingerprint density at radius 1 is 0.952 bits per heavy atom. The van der Waals surface area contributed by atoms with Crippen LogP contribution in [0.15, 0.2) is 53.5 Å². The molecule has 0 spiro atoms. The molecular formula is C14H16Br2FNO2S. The van der Waals surface area contributed by atoms with Gasteiger partial charge in [-0.1, -0.05) is 56.2 Å². The molecule has 0 saturated carbocycles. The standard InChI is InChI=1S/C14H16Br2FNO2S/c15-9-1-3-11-18(12-4-2-10-16)21(19,20)14-7-5-13(17)6-8-14/h1-8H,9-12H2/b3-1+,4-2+. The predicted molar refractivity (Wildman–Crippen MR) is 91.0 cm³/mol. The van der Waals surface area contributed by atoms with E-state index in [9.17, 15) is 12.8 Å². The molecule has 0 aromatic heterocycles. The van der Waals surface area contributed by atoms with Crippen LogP contribution >= 0.6 is 31.9 Å². The lowest BCUT2D eigenvalue weighted by Gasteiger charge is -2.19. The SMILES string of the molecule is O=S(=O)(c1ccc(F)cc1)N(C/C=C/CBr)C/C=C/CBr. The average Bonchev–Trinajstić information content (AvgIpc) is 2.46. The fraction of sp³-hybridized carbons (Fsp3) is 0.286. The summed E-state index contributed by atoms with van der Waals surface area (Å²) in [6.45, 7) is 0.524. The molecule has 0 amide bonds. The van der Waals surface area contributed by atoms with E-state index in [1.165, 1.54) is 16.4 Å². The van der Waals surface area contributed by atoms with Crippen LogP contribution < -0.4 is 0 Å². The molecule has 0 fully saturated rings. The second kappa shape index (κ2) is 9.50. The number of allylic oxidation sites excluding steroid dienone is 2. The highest BCUT2D eigenvalue weighted by Crippen LogP contribution is 2.16. The second-order valence-corrected chi connectivity index (χ2v) is 7.26. The van der Waals surface area contributed by atoms with Gasteiger partial charge in [-0.05, 0) is 24.3 Å². The Morgan fingerprint density at radius 2 is 1.43 bits per heavy atom. The summed E-state index contributed by atoms with van der Waals surface area (Å²) in [4.78, 5) is 0.0865. The molecule has 0 atom stereocenters. The number of halogens is 3. The lowest BCUT2D eigenvalue weighted by atomic mass is 10.4. The van der Waals surface area contributed by atoms with Crippen molar-refractivity contribution in [2.24, 2.45) is 0 Å². The number of nitrogens with zero attached hydrogens (tertiary/aromatic N) is 1. The smallest absolute Gasteiger partial charge is 0.207 e. The van der Waals surface area contributed by atoms with Crippen molar-refractivity contribution < 1.29 is 12.8 Å². The van der Waals surface area contributed by atoms with Gasteiger partial charge in [-0.3, -0.25) is 0 Å². The summed E-state index contributed by atoms with van der Waals surface area (Å²) in [5.74, 6) is -0.459. The van der Waals surface area contributed by atoms with Gasteiger partial charge < -0.3 is 0 Å². The predicted octanol–water partition coefficient (Wildman–Crippen LogP) is 3.72. The minimum Gasteiger partial charge on any atom is -0.207 e. The van der Waals surface area contributed by atoms with Crippen molar-refractivity contribution in [3.8, 4) is 0 Å². The van der Waals surface area contributed by atoms with Gasteiger partial charge in [0.05, 0.1) is 4.90 Å². The van der Waals surface area contributed by atoms with Gasteiger partial charge >= 0.3 is 0 Å². The minimum atomic E-state index is -3.65. The number of sulfonamides is 1. The minimum absolute atomic E-state index is 0.0865. The Kier molecular flexibility index (Phi) is 8.39. The maximum Gasteiger partial charge on any atom is 0.243 e. The molecule has 116 valence electrons. The van der Waals surface area contributed by atoms with Crippen LogP contribution in [0.1, 0.15) is 0 Å². The molecule has 0 aliphatic heterocycles. The van der Waals surface area contributed by atoms with Gasteiger partial charge in [-0.2, -0.15) is 4.31 Å². The third-order valence-corrected chi connectivity index (χ3v) is 5.17. The van der Waals surface area contributed by atoms with Gasteiger partial charge in [0, 0.05) is 23.7 Å². The fourth-order valence-corrected chi connectivity index (χ4v) is 3.41. The molecular weight excluding hydrogens is 425 g/mol. The first kappa shape index (κ1) is 18.5. The molecule has 0 radical (unpaired) electrons. The van der Waals surface area contributed by atoms with Gasteiger partial charge in [0.25, 0.3) is 0 Å². The van der Waals surface area contributed by atoms with Crippen molar-refractivity contribution in [3.05, 3.63) is 54.4 Å². The zero-order valence-electron chi connectivity index (χ0n) is 11.3. The Balaban J connectivity index is 3.00. The van der Waals surface area contributed by atoms with Crippen LogP contribution in [0.2, 0.25) is 0 Å². The highest BCUT2D eigenvalue weighted by Gasteiger charge is 2.22. The van der Waals surface area contributed by atoms with Crippen molar-refractivity contribution in [2.75, 3.05) is 23.7 Å². The number of benzene rings is 1. The lowest BCUT2D eigenvalue weighted by molar-refractivity contribution is 0.473. The quantitative estimate of drug-likeness (QED) is 0.456. The summed E-state index contributed by atoms with van der Waals surface area (Å²) in [5, 5.41) is 1.32. The first-order chi connectivity index (χ1) is 10.0. The van der Waals surface area contributed by atoms with Gasteiger partial charge in [0.2, 0.25) is 10.0 Å². The van der Waals surface area contributed by atoms with Crippen molar-refractivity contribution in [3.63, 3.8) is 0 Å². The first-order valence-corrected chi connectivity index (χ1v) is 9.88. The van der Waals surface area contributed by atoms with E-state index in [2.05, 4.69) is 31.9 Å². The summed E-state index contributed by atoms with van der Waals surface area (Å²) in [7, 11) is -3.65. The number of alkyl halides is 2. The Bertz CT molecular complexity index is 569. The van der Waals surface area contributed by atoms with Crippen LogP contribution in [0.5, 0.6) is 0 Å². The molecule has 1 rings (SSSR count). The fourth-order valence-electron chi connectivity index (χ4n) is 1.54. The molecule has 1 aromatic carbocycles. The van der Waals surface area contributed by atoms with Crippen molar-refractivity contribution in [2.45, 2.75) is 4.90 Å². The van der Waals surface area contributed by atoms with E-state index >= 15 is 0 Å². The molecule has 21 heavy (non-hydrogen) atoms. The molecule has 0 bridgehead atoms. The summed E-state index contributed by atoms with van der Waals surface area (Å²) < 4.78 is 39.4. The maximum atomic E-state index is 12.9. The first-order valence-electron chi connectivity index (χ1n) is 6.20. The summed E-state index contributed by atoms with van der Waals surface area (Å²) in [5.41, 5.74) is 0. The maximum absolute atomic E-state index is 12.9. The summed E-state index contributed by atoms with van der Waals surface area (Å²) >= 11 is 6.50. The van der Waals surface area contributed by atoms with E-state index in [0.717, 1.165) is 12.1 Å². The number of hydrogen-bond donors (Lipinski definition) is 0. The van der Waals surface area contributed by atoms with E-state index in [1.54, 1.807) is 12.2 Å². The van der Waals surface area contributed by atoms with Crippen molar-refractivity contribution >= 4 is 41.9 Å². The molecule has 0 aliphatic carbocycles. The van der Waals surface area contributed by atoms with Crippen LogP contribution in [0.25, 0.3) is 0 Å². The van der Waals surface area contributed by atoms with Crippen LogP contribution in [0.4, 0.5) is 4.39 Å². The summed E-state index contributed by atoms with van der Waals surface area (Å²) in [6.07, 6.45) is 7.22. The van der Waals surface area contributed by atoms with Crippen molar-refractivity contribution in [1.82, 2.24) is 4.31 Å². The van der Waals surface area contributed by atoms with Crippen LogP contribution in [-0.2, 0) is 10.0 Å². The zero-order chi connectivity index (χ0) is 15.7. The number of rotatable bonds is 8. The van der Waals surface area contributed by atoms with Crippen LogP contribution in [-0.4, -0.2) is 36.5 Å². The highest BCUT2D eigenvalue weighted by atomic mass is 79.9. The molecule has 1 aromatic rings. The molecule has 0 saturated heterocycles. The normalized spacial score (nSPS) is 12.8. The molecule has 7 heteroatoms. The molecule has 0 N–H and O–H groups in total. The van der Waals surface area contributed by atoms with E-state index in [0.29, 0.717) is 10.7 Å². The summed E-state index contributed by atoms with van der Waals surface area (Å²) in [6, 6.07) is 4.85. The van der Waals surface area contributed by atoms with Gasteiger partial charge in [-0.25, -0.2) is 12.8 Å². The Hall–Kier alpha value is -0.500. The zero-order valence-corrected chi connectivity index (χ0v) is 15.2. The van der Waals surface area contributed by atoms with Gasteiger partial charge in [0.1, 0.15) is 5.82 Å². The van der Waals surface area contributed by atoms with E-state index in [4.69, 9.17) is 0 Å².